The molecule has 0 saturated carbocycles. The lowest BCUT2D eigenvalue weighted by Crippen LogP contribution is -2.15. The predicted octanol–water partition coefficient (Wildman–Crippen LogP) is 2.16. The van der Waals surface area contributed by atoms with Crippen molar-refractivity contribution >= 4 is 16.9 Å². The number of carbonyl (C=O) groups is 1. The normalized spacial score (nSPS) is 11.2. The molecule has 0 aliphatic heterocycles. The van der Waals surface area contributed by atoms with Crippen LogP contribution in [-0.2, 0) is 13.5 Å². The van der Waals surface area contributed by atoms with Gasteiger partial charge in [-0.3, -0.25) is 4.79 Å². The SMILES string of the molecule is CCc1nc2c(C(N)=O)c(C)c(C)c(C)c2n1C. The van der Waals surface area contributed by atoms with E-state index in [-0.39, 0.29) is 0 Å². The quantitative estimate of drug-likeness (QED) is 0.881. The number of imidazole rings is 1. The molecule has 2 aromatic rings. The van der Waals surface area contributed by atoms with E-state index in [0.717, 1.165) is 34.4 Å². The number of fused-ring (bicyclic) bond motifs is 1. The average Bonchev–Trinajstić information content (AvgIpc) is 2.63. The van der Waals surface area contributed by atoms with Crippen LogP contribution in [0.2, 0.25) is 0 Å². The van der Waals surface area contributed by atoms with Crippen molar-refractivity contribution < 1.29 is 4.79 Å². The Bertz CT molecular complexity index is 653. The molecular weight excluding hydrogens is 226 g/mol. The third-order valence-electron chi connectivity index (χ3n) is 3.84. The molecule has 0 atom stereocenters. The van der Waals surface area contributed by atoms with Gasteiger partial charge in [-0.05, 0) is 37.5 Å². The summed E-state index contributed by atoms with van der Waals surface area (Å²) >= 11 is 0. The monoisotopic (exact) mass is 245 g/mol. The predicted molar refractivity (Wildman–Crippen MR) is 72.8 cm³/mol. The lowest BCUT2D eigenvalue weighted by Gasteiger charge is -2.12. The second-order valence-electron chi connectivity index (χ2n) is 4.75. The lowest BCUT2D eigenvalue weighted by molar-refractivity contribution is 0.100. The third kappa shape index (κ3) is 1.52. The molecule has 2 rings (SSSR count). The lowest BCUT2D eigenvalue weighted by atomic mass is 9.96. The van der Waals surface area contributed by atoms with Gasteiger partial charge in [0.2, 0.25) is 0 Å². The number of hydrogen-bond donors (Lipinski definition) is 1. The first-order valence-corrected chi connectivity index (χ1v) is 6.15. The maximum Gasteiger partial charge on any atom is 0.251 e. The first kappa shape index (κ1) is 12.6. The summed E-state index contributed by atoms with van der Waals surface area (Å²) in [6.45, 7) is 8.08. The zero-order valence-electron chi connectivity index (χ0n) is 11.6. The largest absolute Gasteiger partial charge is 0.366 e. The van der Waals surface area contributed by atoms with Gasteiger partial charge in [0.25, 0.3) is 5.91 Å². The van der Waals surface area contributed by atoms with Crippen molar-refractivity contribution in [2.24, 2.45) is 12.8 Å². The molecule has 0 aliphatic rings. The van der Waals surface area contributed by atoms with Crippen LogP contribution < -0.4 is 5.73 Å². The van der Waals surface area contributed by atoms with E-state index in [1.165, 1.54) is 5.56 Å². The Hall–Kier alpha value is -1.84. The van der Waals surface area contributed by atoms with E-state index in [9.17, 15) is 4.79 Å². The van der Waals surface area contributed by atoms with Crippen molar-refractivity contribution in [3.63, 3.8) is 0 Å². The average molecular weight is 245 g/mol. The minimum atomic E-state index is -0.402. The maximum absolute atomic E-state index is 11.7. The Balaban J connectivity index is 3.05. The fourth-order valence-electron chi connectivity index (χ4n) is 2.59. The van der Waals surface area contributed by atoms with Crippen LogP contribution in [0, 0.1) is 20.8 Å². The summed E-state index contributed by atoms with van der Waals surface area (Å²) in [7, 11) is 1.99. The van der Waals surface area contributed by atoms with E-state index in [1.54, 1.807) is 0 Å². The first-order chi connectivity index (χ1) is 8.40. The molecule has 1 heterocycles. The standard InChI is InChI=1S/C14H19N3O/c1-6-10-16-12-11(14(15)18)8(3)7(2)9(4)13(12)17(10)5/h6H2,1-5H3,(H2,15,18). The number of carbonyl (C=O) groups excluding carboxylic acids is 1. The Labute approximate surface area is 107 Å². The number of benzene rings is 1. The van der Waals surface area contributed by atoms with Crippen LogP contribution in [0.5, 0.6) is 0 Å². The third-order valence-corrected chi connectivity index (χ3v) is 3.84. The molecule has 0 aliphatic carbocycles. The fraction of sp³-hybridized carbons (Fsp3) is 0.429. The molecule has 0 spiro atoms. The number of hydrogen-bond acceptors (Lipinski definition) is 2. The van der Waals surface area contributed by atoms with Crippen LogP contribution >= 0.6 is 0 Å². The van der Waals surface area contributed by atoms with Gasteiger partial charge in [0.05, 0.1) is 11.1 Å². The Morgan fingerprint density at radius 2 is 1.83 bits per heavy atom. The van der Waals surface area contributed by atoms with Crippen LogP contribution in [-0.4, -0.2) is 15.5 Å². The van der Waals surface area contributed by atoms with Crippen LogP contribution in [0.3, 0.4) is 0 Å². The highest BCUT2D eigenvalue weighted by atomic mass is 16.1. The van der Waals surface area contributed by atoms with Gasteiger partial charge < -0.3 is 10.3 Å². The van der Waals surface area contributed by atoms with Gasteiger partial charge in [-0.2, -0.15) is 0 Å². The molecule has 0 unspecified atom stereocenters. The van der Waals surface area contributed by atoms with Gasteiger partial charge in [0.1, 0.15) is 11.3 Å². The summed E-state index contributed by atoms with van der Waals surface area (Å²) in [5.74, 6) is 0.571. The van der Waals surface area contributed by atoms with Gasteiger partial charge in [0.15, 0.2) is 0 Å². The number of aromatic nitrogens is 2. The van der Waals surface area contributed by atoms with Crippen LogP contribution in [0.4, 0.5) is 0 Å². The van der Waals surface area contributed by atoms with Crippen molar-refractivity contribution in [3.8, 4) is 0 Å². The molecule has 0 saturated heterocycles. The highest BCUT2D eigenvalue weighted by molar-refractivity contribution is 6.07. The Morgan fingerprint density at radius 1 is 1.22 bits per heavy atom. The number of rotatable bonds is 2. The van der Waals surface area contributed by atoms with Gasteiger partial charge in [-0.25, -0.2) is 4.98 Å². The van der Waals surface area contributed by atoms with Gasteiger partial charge >= 0.3 is 0 Å². The second kappa shape index (κ2) is 4.12. The summed E-state index contributed by atoms with van der Waals surface area (Å²) < 4.78 is 2.06. The Kier molecular flexibility index (Phi) is 2.89. The summed E-state index contributed by atoms with van der Waals surface area (Å²) in [4.78, 5) is 16.3. The van der Waals surface area contributed by atoms with Gasteiger partial charge in [-0.15, -0.1) is 0 Å². The maximum atomic E-state index is 11.7. The molecule has 0 bridgehead atoms. The van der Waals surface area contributed by atoms with E-state index >= 15 is 0 Å². The molecule has 18 heavy (non-hydrogen) atoms. The molecule has 0 radical (unpaired) electrons. The van der Waals surface area contributed by atoms with Gasteiger partial charge in [-0.1, -0.05) is 6.92 Å². The summed E-state index contributed by atoms with van der Waals surface area (Å²) in [6, 6.07) is 0. The smallest absolute Gasteiger partial charge is 0.251 e. The van der Waals surface area contributed by atoms with Gasteiger partial charge in [0, 0.05) is 13.5 Å². The first-order valence-electron chi connectivity index (χ1n) is 6.15. The number of aryl methyl sites for hydroxylation is 3. The van der Waals surface area contributed by atoms with E-state index in [0.29, 0.717) is 5.56 Å². The zero-order valence-corrected chi connectivity index (χ0v) is 11.6. The molecule has 1 amide bonds. The van der Waals surface area contributed by atoms with Crippen molar-refractivity contribution in [1.29, 1.82) is 0 Å². The minimum absolute atomic E-state index is 0.402. The summed E-state index contributed by atoms with van der Waals surface area (Å²) in [5.41, 5.74) is 11.0. The molecule has 96 valence electrons. The van der Waals surface area contributed by atoms with E-state index in [1.807, 2.05) is 20.9 Å². The summed E-state index contributed by atoms with van der Waals surface area (Å²) in [5, 5.41) is 0. The highest BCUT2D eigenvalue weighted by Gasteiger charge is 2.20. The Morgan fingerprint density at radius 3 is 2.33 bits per heavy atom. The second-order valence-corrected chi connectivity index (χ2v) is 4.75. The molecule has 1 aromatic heterocycles. The zero-order chi connectivity index (χ0) is 13.6. The highest BCUT2D eigenvalue weighted by Crippen LogP contribution is 2.29. The molecule has 2 N–H and O–H groups in total. The fourth-order valence-corrected chi connectivity index (χ4v) is 2.59. The number of primary amides is 1. The molecular formula is C14H19N3O. The number of amides is 1. The van der Waals surface area contributed by atoms with E-state index in [2.05, 4.69) is 23.4 Å². The topological polar surface area (TPSA) is 60.9 Å². The number of nitrogens with two attached hydrogens (primary N) is 1. The van der Waals surface area contributed by atoms with Crippen LogP contribution in [0.25, 0.3) is 11.0 Å². The molecule has 1 aromatic carbocycles. The molecule has 4 nitrogen and oxygen atoms in total. The van der Waals surface area contributed by atoms with Crippen molar-refractivity contribution in [2.75, 3.05) is 0 Å². The van der Waals surface area contributed by atoms with Crippen LogP contribution in [0.1, 0.15) is 39.8 Å². The molecule has 0 fully saturated rings. The number of nitrogens with zero attached hydrogens (tertiary/aromatic N) is 2. The minimum Gasteiger partial charge on any atom is -0.366 e. The van der Waals surface area contributed by atoms with Crippen molar-refractivity contribution in [1.82, 2.24) is 9.55 Å². The summed E-state index contributed by atoms with van der Waals surface area (Å²) in [6.07, 6.45) is 0.834. The van der Waals surface area contributed by atoms with Crippen LogP contribution in [0.15, 0.2) is 0 Å². The van der Waals surface area contributed by atoms with E-state index < -0.39 is 5.91 Å². The molecule has 4 heteroatoms. The van der Waals surface area contributed by atoms with Crippen molar-refractivity contribution in [2.45, 2.75) is 34.1 Å². The van der Waals surface area contributed by atoms with E-state index in [4.69, 9.17) is 5.73 Å². The van der Waals surface area contributed by atoms with Crippen molar-refractivity contribution in [3.05, 3.63) is 28.1 Å².